The molecule has 5 heteroatoms. The summed E-state index contributed by atoms with van der Waals surface area (Å²) in [5.74, 6) is -0.443. The lowest BCUT2D eigenvalue weighted by Crippen LogP contribution is -2.10. The first-order valence-corrected chi connectivity index (χ1v) is 4.77. The van der Waals surface area contributed by atoms with E-state index in [2.05, 4.69) is 4.98 Å². The van der Waals surface area contributed by atoms with E-state index in [0.29, 0.717) is 10.8 Å². The Kier molecular flexibility index (Phi) is 2.09. The second kappa shape index (κ2) is 3.26. The van der Waals surface area contributed by atoms with Crippen molar-refractivity contribution in [2.45, 2.75) is 0 Å². The van der Waals surface area contributed by atoms with Crippen molar-refractivity contribution in [3.63, 3.8) is 0 Å². The summed E-state index contributed by atoms with van der Waals surface area (Å²) in [6, 6.07) is 5.25. The van der Waals surface area contributed by atoms with Crippen LogP contribution in [0.25, 0.3) is 10.2 Å². The van der Waals surface area contributed by atoms with Crippen LogP contribution >= 0.6 is 11.3 Å². The molecule has 0 saturated carbocycles. The zero-order valence-electron chi connectivity index (χ0n) is 7.48. The molecule has 0 saturated heterocycles. The molecule has 1 heterocycles. The maximum absolute atomic E-state index is 11.1. The van der Waals surface area contributed by atoms with Gasteiger partial charge in [0, 0.05) is 0 Å². The van der Waals surface area contributed by atoms with E-state index in [1.165, 1.54) is 11.3 Å². The topological polar surface area (TPSA) is 65.2 Å². The number of carbonyl (C=O) groups excluding carboxylic acids is 1. The van der Waals surface area contributed by atoms with Gasteiger partial charge in [0.25, 0.3) is 5.19 Å². The number of carbonyl (C=O) groups is 1. The molecule has 14 heavy (non-hydrogen) atoms. The van der Waals surface area contributed by atoms with Gasteiger partial charge in [-0.15, -0.1) is 0 Å². The Morgan fingerprint density at radius 1 is 1.57 bits per heavy atom. The minimum atomic E-state index is -0.443. The minimum Gasteiger partial charge on any atom is -0.473 e. The third-order valence-corrected chi connectivity index (χ3v) is 2.90. The molecule has 0 aliphatic carbocycles. The summed E-state index contributed by atoms with van der Waals surface area (Å²) in [5, 5.41) is 0.536. The second-order valence-electron chi connectivity index (χ2n) is 2.70. The van der Waals surface area contributed by atoms with Crippen molar-refractivity contribution in [2.24, 2.45) is 5.73 Å². The first-order chi connectivity index (χ1) is 6.72. The van der Waals surface area contributed by atoms with Crippen molar-refractivity contribution in [3.05, 3.63) is 23.8 Å². The number of nitrogens with zero attached hydrogens (tertiary/aromatic N) is 1. The van der Waals surface area contributed by atoms with Crippen LogP contribution in [0.4, 0.5) is 0 Å². The third kappa shape index (κ3) is 1.31. The average Bonchev–Trinajstić information content (AvgIpc) is 2.59. The number of hydrogen-bond acceptors (Lipinski definition) is 4. The van der Waals surface area contributed by atoms with Gasteiger partial charge in [0.15, 0.2) is 0 Å². The van der Waals surface area contributed by atoms with Gasteiger partial charge in [-0.2, -0.15) is 0 Å². The number of primary amides is 1. The number of hydrogen-bond donors (Lipinski definition) is 1. The molecular formula is C9H8N2O2S. The molecule has 0 atom stereocenters. The number of benzene rings is 1. The van der Waals surface area contributed by atoms with Gasteiger partial charge < -0.3 is 10.5 Å². The van der Waals surface area contributed by atoms with E-state index < -0.39 is 5.91 Å². The number of amides is 1. The van der Waals surface area contributed by atoms with Gasteiger partial charge in [-0.3, -0.25) is 4.79 Å². The predicted molar refractivity (Wildman–Crippen MR) is 54.7 cm³/mol. The van der Waals surface area contributed by atoms with E-state index >= 15 is 0 Å². The number of ether oxygens (including phenoxy) is 1. The molecule has 2 aromatic rings. The Morgan fingerprint density at radius 3 is 3.00 bits per heavy atom. The molecule has 0 aliphatic heterocycles. The smallest absolute Gasteiger partial charge is 0.274 e. The van der Waals surface area contributed by atoms with E-state index in [1.54, 1.807) is 19.2 Å². The van der Waals surface area contributed by atoms with E-state index in [0.717, 1.165) is 10.2 Å². The van der Waals surface area contributed by atoms with Gasteiger partial charge in [0.2, 0.25) is 5.91 Å². The van der Waals surface area contributed by atoms with Crippen LogP contribution in [-0.4, -0.2) is 18.0 Å². The van der Waals surface area contributed by atoms with Crippen molar-refractivity contribution in [1.82, 2.24) is 4.98 Å². The predicted octanol–water partition coefficient (Wildman–Crippen LogP) is 1.40. The molecule has 0 bridgehead atoms. The van der Waals surface area contributed by atoms with Crippen molar-refractivity contribution in [3.8, 4) is 5.19 Å². The van der Waals surface area contributed by atoms with Crippen LogP contribution in [0.2, 0.25) is 0 Å². The molecule has 1 aromatic carbocycles. The Labute approximate surface area is 84.3 Å². The molecule has 0 fully saturated rings. The van der Waals surface area contributed by atoms with Gasteiger partial charge in [-0.05, 0) is 12.1 Å². The zero-order chi connectivity index (χ0) is 10.1. The fourth-order valence-corrected chi connectivity index (χ4v) is 2.11. The van der Waals surface area contributed by atoms with E-state index in [9.17, 15) is 4.79 Å². The third-order valence-electron chi connectivity index (χ3n) is 1.84. The number of methoxy groups -OCH3 is 1. The largest absolute Gasteiger partial charge is 0.473 e. The lowest BCUT2D eigenvalue weighted by atomic mass is 10.2. The fourth-order valence-electron chi connectivity index (χ4n) is 1.21. The van der Waals surface area contributed by atoms with Gasteiger partial charge in [-0.25, -0.2) is 4.98 Å². The molecule has 2 rings (SSSR count). The highest BCUT2D eigenvalue weighted by Gasteiger charge is 2.11. The van der Waals surface area contributed by atoms with Crippen molar-refractivity contribution in [2.75, 3.05) is 7.11 Å². The Morgan fingerprint density at radius 2 is 2.36 bits per heavy atom. The molecule has 2 N–H and O–H groups in total. The molecule has 1 amide bonds. The number of nitrogens with two attached hydrogens (primary N) is 1. The van der Waals surface area contributed by atoms with E-state index in [4.69, 9.17) is 10.5 Å². The molecule has 4 nitrogen and oxygen atoms in total. The van der Waals surface area contributed by atoms with Gasteiger partial charge >= 0.3 is 0 Å². The molecule has 72 valence electrons. The highest BCUT2D eigenvalue weighted by atomic mass is 32.1. The molecule has 1 aromatic heterocycles. The maximum Gasteiger partial charge on any atom is 0.274 e. The van der Waals surface area contributed by atoms with Crippen LogP contribution in [0.5, 0.6) is 5.19 Å². The van der Waals surface area contributed by atoms with Crippen LogP contribution in [0.1, 0.15) is 10.4 Å². The van der Waals surface area contributed by atoms with Crippen LogP contribution in [0.3, 0.4) is 0 Å². The lowest BCUT2D eigenvalue weighted by Gasteiger charge is -1.94. The standard InChI is InChI=1S/C9H8N2O2S/c1-13-9-11-6-4-2-3-5(8(10)12)7(6)14-9/h2-4H,1H3,(H2,10,12). The van der Waals surface area contributed by atoms with Crippen LogP contribution in [0, 0.1) is 0 Å². The molecular weight excluding hydrogens is 200 g/mol. The Bertz CT molecular complexity index is 493. The first kappa shape index (κ1) is 8.96. The fraction of sp³-hybridized carbons (Fsp3) is 0.111. The van der Waals surface area contributed by atoms with E-state index in [-0.39, 0.29) is 0 Å². The van der Waals surface area contributed by atoms with Crippen molar-refractivity contribution < 1.29 is 9.53 Å². The van der Waals surface area contributed by atoms with Gasteiger partial charge in [0.05, 0.1) is 22.9 Å². The number of thiazole rings is 1. The average molecular weight is 208 g/mol. The van der Waals surface area contributed by atoms with Crippen molar-refractivity contribution >= 4 is 27.5 Å². The number of rotatable bonds is 2. The van der Waals surface area contributed by atoms with Gasteiger partial charge in [0.1, 0.15) is 0 Å². The molecule has 0 unspecified atom stereocenters. The summed E-state index contributed by atoms with van der Waals surface area (Å²) in [4.78, 5) is 15.2. The summed E-state index contributed by atoms with van der Waals surface area (Å²) >= 11 is 1.32. The first-order valence-electron chi connectivity index (χ1n) is 3.95. The monoisotopic (exact) mass is 208 g/mol. The second-order valence-corrected chi connectivity index (χ2v) is 3.66. The molecule has 0 aliphatic rings. The summed E-state index contributed by atoms with van der Waals surface area (Å²) in [5.41, 5.74) is 6.46. The molecule has 0 spiro atoms. The van der Waals surface area contributed by atoms with Crippen LogP contribution < -0.4 is 10.5 Å². The number of aromatic nitrogens is 1. The summed E-state index contributed by atoms with van der Waals surface area (Å²) in [7, 11) is 1.54. The van der Waals surface area contributed by atoms with E-state index in [1.807, 2.05) is 6.07 Å². The highest BCUT2D eigenvalue weighted by molar-refractivity contribution is 7.20. The SMILES string of the molecule is COc1nc2cccc(C(N)=O)c2s1. The summed E-state index contributed by atoms with van der Waals surface area (Å²) in [6.45, 7) is 0. The highest BCUT2D eigenvalue weighted by Crippen LogP contribution is 2.29. The normalized spacial score (nSPS) is 10.4. The Balaban J connectivity index is 2.73. The number of fused-ring (bicyclic) bond motifs is 1. The van der Waals surface area contributed by atoms with Gasteiger partial charge in [-0.1, -0.05) is 17.4 Å². The van der Waals surface area contributed by atoms with Crippen molar-refractivity contribution in [1.29, 1.82) is 0 Å². The van der Waals surface area contributed by atoms with Crippen LogP contribution in [0.15, 0.2) is 18.2 Å². The summed E-state index contributed by atoms with van der Waals surface area (Å²) in [6.07, 6.45) is 0. The quantitative estimate of drug-likeness (QED) is 0.811. The molecule has 0 radical (unpaired) electrons. The zero-order valence-corrected chi connectivity index (χ0v) is 8.30. The lowest BCUT2D eigenvalue weighted by molar-refractivity contribution is 0.100. The Hall–Kier alpha value is -1.62. The minimum absolute atomic E-state index is 0.443. The summed E-state index contributed by atoms with van der Waals surface area (Å²) < 4.78 is 5.76. The maximum atomic E-state index is 11.1. The van der Waals surface area contributed by atoms with Crippen LogP contribution in [-0.2, 0) is 0 Å².